The molecule has 2 heterocycles. The molecule has 0 unspecified atom stereocenters. The lowest BCUT2D eigenvalue weighted by molar-refractivity contribution is -0.141. The van der Waals surface area contributed by atoms with Crippen molar-refractivity contribution in [2.75, 3.05) is 13.1 Å². The molecule has 2 aromatic rings. The minimum atomic E-state index is -4.57. The summed E-state index contributed by atoms with van der Waals surface area (Å²) in [6, 6.07) is 2.16. The second kappa shape index (κ2) is 6.99. The van der Waals surface area contributed by atoms with Gasteiger partial charge in [-0.05, 0) is 30.5 Å². The number of aryl methyl sites for hydroxylation is 1. The average molecular weight is 374 g/mol. The van der Waals surface area contributed by atoms with E-state index in [1.54, 1.807) is 6.92 Å². The van der Waals surface area contributed by atoms with Gasteiger partial charge in [-0.25, -0.2) is 4.98 Å². The van der Waals surface area contributed by atoms with Crippen LogP contribution in [0.4, 0.5) is 13.2 Å². The second-order valence-corrected chi connectivity index (χ2v) is 7.08. The van der Waals surface area contributed by atoms with Crippen LogP contribution in [0, 0.1) is 12.8 Å². The van der Waals surface area contributed by atoms with Crippen molar-refractivity contribution in [1.82, 2.24) is 9.88 Å². The summed E-state index contributed by atoms with van der Waals surface area (Å²) in [5, 5.41) is 9.46. The highest BCUT2D eigenvalue weighted by Crippen LogP contribution is 2.34. The van der Waals surface area contributed by atoms with Gasteiger partial charge in [0, 0.05) is 11.9 Å². The van der Waals surface area contributed by atoms with Gasteiger partial charge in [-0.3, -0.25) is 9.59 Å². The molecule has 1 amide bonds. The summed E-state index contributed by atoms with van der Waals surface area (Å²) in [5.74, 6) is -1.61. The summed E-state index contributed by atoms with van der Waals surface area (Å²) >= 11 is 0.850. The zero-order valence-electron chi connectivity index (χ0n) is 13.8. The maximum atomic E-state index is 12.8. The Morgan fingerprint density at radius 1 is 1.32 bits per heavy atom. The van der Waals surface area contributed by atoms with E-state index < -0.39 is 30.3 Å². The Morgan fingerprint density at radius 2 is 1.96 bits per heavy atom. The van der Waals surface area contributed by atoms with E-state index in [1.807, 2.05) is 13.8 Å². The van der Waals surface area contributed by atoms with Crippen LogP contribution >= 0.6 is 11.3 Å². The number of nitrogens with zero attached hydrogens (tertiary/aromatic N) is 2. The Kier molecular flexibility index (Phi) is 5.36. The fraction of sp³-hybridized carbons (Fsp3) is 0.438. The number of amides is 1. The van der Waals surface area contributed by atoms with Gasteiger partial charge in [0.15, 0.2) is 0 Å². The quantitative estimate of drug-likeness (QED) is 0.864. The lowest BCUT2D eigenvalue weighted by Gasteiger charge is -2.22. The molecule has 25 heavy (non-hydrogen) atoms. The number of fused-ring (bicyclic) bond motifs is 1. The predicted molar refractivity (Wildman–Crippen MR) is 87.7 cm³/mol. The van der Waals surface area contributed by atoms with Crippen LogP contribution < -0.4 is 0 Å². The van der Waals surface area contributed by atoms with Crippen LogP contribution in [0.2, 0.25) is 0 Å². The van der Waals surface area contributed by atoms with Gasteiger partial charge in [-0.1, -0.05) is 13.8 Å². The first-order chi connectivity index (χ1) is 11.5. The van der Waals surface area contributed by atoms with Gasteiger partial charge in [-0.2, -0.15) is 13.2 Å². The molecule has 0 aliphatic carbocycles. The number of hydrogen-bond acceptors (Lipinski definition) is 4. The average Bonchev–Trinajstić information content (AvgIpc) is 2.80. The molecule has 1 N–H and O–H groups in total. The van der Waals surface area contributed by atoms with Gasteiger partial charge >= 0.3 is 12.1 Å². The van der Waals surface area contributed by atoms with Crippen molar-refractivity contribution in [2.24, 2.45) is 5.92 Å². The third-order valence-electron chi connectivity index (χ3n) is 3.49. The fourth-order valence-electron chi connectivity index (χ4n) is 2.43. The van der Waals surface area contributed by atoms with Gasteiger partial charge in [0.1, 0.15) is 17.1 Å². The van der Waals surface area contributed by atoms with E-state index in [4.69, 9.17) is 5.11 Å². The molecule has 5 nitrogen and oxygen atoms in total. The fourth-order valence-corrected chi connectivity index (χ4v) is 3.58. The van der Waals surface area contributed by atoms with Crippen LogP contribution in [-0.4, -0.2) is 40.0 Å². The lowest BCUT2D eigenvalue weighted by Crippen LogP contribution is -2.38. The van der Waals surface area contributed by atoms with E-state index in [9.17, 15) is 22.8 Å². The van der Waals surface area contributed by atoms with Crippen molar-refractivity contribution in [3.8, 4) is 0 Å². The van der Waals surface area contributed by atoms with E-state index in [2.05, 4.69) is 4.98 Å². The van der Waals surface area contributed by atoms with Crippen LogP contribution in [0.15, 0.2) is 12.1 Å². The molecule has 2 rings (SSSR count). The van der Waals surface area contributed by atoms with Crippen LogP contribution in [0.3, 0.4) is 0 Å². The standard InChI is InChI=1S/C16H17F3N2O3S/c1-8(2)6-21(7-12(22)23)15(24)13-9(3)10-4-5-11(16(17,18)19)20-14(10)25-13/h4-5,8H,6-7H2,1-3H3,(H,22,23). The summed E-state index contributed by atoms with van der Waals surface area (Å²) in [6.45, 7) is 5.08. The third-order valence-corrected chi connectivity index (χ3v) is 4.68. The number of rotatable bonds is 5. The Bertz CT molecular complexity index is 815. The van der Waals surface area contributed by atoms with Gasteiger partial charge < -0.3 is 10.0 Å². The van der Waals surface area contributed by atoms with E-state index in [-0.39, 0.29) is 22.2 Å². The van der Waals surface area contributed by atoms with Gasteiger partial charge in [0.2, 0.25) is 0 Å². The summed E-state index contributed by atoms with van der Waals surface area (Å²) in [7, 11) is 0. The minimum absolute atomic E-state index is 0.0490. The third kappa shape index (κ3) is 4.28. The molecular formula is C16H17F3N2O3S. The normalized spacial score (nSPS) is 12.0. The number of alkyl halides is 3. The molecule has 0 aromatic carbocycles. The van der Waals surface area contributed by atoms with Gasteiger partial charge in [0.25, 0.3) is 5.91 Å². The SMILES string of the molecule is Cc1c(C(=O)N(CC(=O)O)CC(C)C)sc2nc(C(F)(F)F)ccc12. The number of pyridine rings is 1. The van der Waals surface area contributed by atoms with Crippen LogP contribution in [-0.2, 0) is 11.0 Å². The number of aromatic nitrogens is 1. The molecule has 9 heteroatoms. The van der Waals surface area contributed by atoms with Crippen molar-refractivity contribution in [2.45, 2.75) is 26.9 Å². The Labute approximate surface area is 146 Å². The number of carboxylic acids is 1. The summed E-state index contributed by atoms with van der Waals surface area (Å²) in [5.41, 5.74) is -0.518. The molecule has 0 atom stereocenters. The number of thiophene rings is 1. The topological polar surface area (TPSA) is 70.5 Å². The highest BCUT2D eigenvalue weighted by atomic mass is 32.1. The number of carbonyl (C=O) groups is 2. The van der Waals surface area contributed by atoms with Gasteiger partial charge in [0.05, 0.1) is 4.88 Å². The number of carboxylic acid groups (broad SMARTS) is 1. The van der Waals surface area contributed by atoms with Crippen molar-refractivity contribution in [1.29, 1.82) is 0 Å². The molecule has 0 fully saturated rings. The number of aliphatic carboxylic acids is 1. The summed E-state index contributed by atoms with van der Waals surface area (Å²) < 4.78 is 38.4. The van der Waals surface area contributed by atoms with Crippen molar-refractivity contribution >= 4 is 33.4 Å². The molecule has 0 radical (unpaired) electrons. The highest BCUT2D eigenvalue weighted by molar-refractivity contribution is 7.20. The molecule has 0 saturated carbocycles. The van der Waals surface area contributed by atoms with E-state index >= 15 is 0 Å². The zero-order chi connectivity index (χ0) is 18.9. The van der Waals surface area contributed by atoms with Crippen LogP contribution in [0.25, 0.3) is 10.2 Å². The molecule has 2 aromatic heterocycles. The Hall–Kier alpha value is -2.16. The monoisotopic (exact) mass is 374 g/mol. The highest BCUT2D eigenvalue weighted by Gasteiger charge is 2.33. The number of hydrogen-bond donors (Lipinski definition) is 1. The first kappa shape index (κ1) is 19.2. The predicted octanol–water partition coefficient (Wildman–Crippen LogP) is 3.81. The Morgan fingerprint density at radius 3 is 2.48 bits per heavy atom. The minimum Gasteiger partial charge on any atom is -0.480 e. The molecule has 0 aliphatic rings. The smallest absolute Gasteiger partial charge is 0.433 e. The largest absolute Gasteiger partial charge is 0.480 e. The summed E-state index contributed by atoms with van der Waals surface area (Å²) in [4.78, 5) is 28.8. The second-order valence-electron chi connectivity index (χ2n) is 6.08. The molecule has 0 saturated heterocycles. The van der Waals surface area contributed by atoms with E-state index in [1.165, 1.54) is 11.0 Å². The maximum absolute atomic E-state index is 12.8. The van der Waals surface area contributed by atoms with Crippen molar-refractivity contribution < 1.29 is 27.9 Å². The first-order valence-corrected chi connectivity index (χ1v) is 8.30. The van der Waals surface area contributed by atoms with Crippen molar-refractivity contribution in [3.05, 3.63) is 28.3 Å². The van der Waals surface area contributed by atoms with E-state index in [0.29, 0.717) is 10.9 Å². The Balaban J connectivity index is 2.46. The molecule has 136 valence electrons. The molecular weight excluding hydrogens is 357 g/mol. The van der Waals surface area contributed by atoms with Crippen molar-refractivity contribution in [3.63, 3.8) is 0 Å². The molecule has 0 spiro atoms. The zero-order valence-corrected chi connectivity index (χ0v) is 14.7. The van der Waals surface area contributed by atoms with Crippen LogP contribution in [0.1, 0.15) is 34.8 Å². The molecule has 0 aliphatic heterocycles. The van der Waals surface area contributed by atoms with E-state index in [0.717, 1.165) is 17.4 Å². The maximum Gasteiger partial charge on any atom is 0.433 e. The summed E-state index contributed by atoms with van der Waals surface area (Å²) in [6.07, 6.45) is -4.57. The van der Waals surface area contributed by atoms with Gasteiger partial charge in [-0.15, -0.1) is 11.3 Å². The number of carbonyl (C=O) groups excluding carboxylic acids is 1. The first-order valence-electron chi connectivity index (χ1n) is 7.49. The van der Waals surface area contributed by atoms with Crippen LogP contribution in [0.5, 0.6) is 0 Å². The molecule has 0 bridgehead atoms. The number of halogens is 3. The lowest BCUT2D eigenvalue weighted by atomic mass is 10.1.